The second kappa shape index (κ2) is 5.54. The molecule has 13 heavy (non-hydrogen) atoms. The van der Waals surface area contributed by atoms with E-state index >= 15 is 0 Å². The van der Waals surface area contributed by atoms with Crippen molar-refractivity contribution >= 4 is 34.2 Å². The molecule has 0 bridgehead atoms. The SMILES string of the molecule is CNc1n[c-]c(I)cc1C(=N)N.[W]. The monoisotopic (exact) mass is 459 g/mol. The van der Waals surface area contributed by atoms with Crippen molar-refractivity contribution in [1.29, 1.82) is 5.41 Å². The Balaban J connectivity index is 0.00000144. The average Bonchev–Trinajstić information content (AvgIpc) is 2.04. The number of hydrogen-bond donors (Lipinski definition) is 3. The fourth-order valence-electron chi connectivity index (χ4n) is 0.793. The molecule has 1 aromatic heterocycles. The van der Waals surface area contributed by atoms with Gasteiger partial charge in [0.05, 0.1) is 0 Å². The van der Waals surface area contributed by atoms with Crippen LogP contribution in [0.5, 0.6) is 0 Å². The molecule has 0 saturated heterocycles. The maximum atomic E-state index is 7.26. The standard InChI is InChI=1S/C7H8IN4.W/c1-11-7-5(6(9)10)2-4(8)3-12-7;/h2H,1H3,(H3,9,10)(H,11,12);/q-1;. The quantitative estimate of drug-likeness (QED) is 0.266. The van der Waals surface area contributed by atoms with Crippen LogP contribution < -0.4 is 11.1 Å². The Morgan fingerprint density at radius 1 is 1.77 bits per heavy atom. The molecule has 0 fully saturated rings. The molecule has 4 N–H and O–H groups in total. The zero-order valence-electron chi connectivity index (χ0n) is 6.89. The minimum atomic E-state index is 0. The first-order chi connectivity index (χ1) is 5.65. The van der Waals surface area contributed by atoms with E-state index in [9.17, 15) is 0 Å². The van der Waals surface area contributed by atoms with Crippen LogP contribution in [0.15, 0.2) is 6.07 Å². The summed E-state index contributed by atoms with van der Waals surface area (Å²) in [5, 5.41) is 10.1. The number of nitrogens with zero attached hydrogens (tertiary/aromatic N) is 1. The van der Waals surface area contributed by atoms with E-state index in [1.807, 2.05) is 0 Å². The molecule has 0 spiro atoms. The van der Waals surface area contributed by atoms with E-state index < -0.39 is 0 Å². The number of anilines is 1. The van der Waals surface area contributed by atoms with E-state index in [0.717, 1.165) is 3.57 Å². The Kier molecular flexibility index (Phi) is 5.47. The first kappa shape index (κ1) is 12.8. The van der Waals surface area contributed by atoms with Gasteiger partial charge in [0.2, 0.25) is 0 Å². The van der Waals surface area contributed by atoms with Gasteiger partial charge < -0.3 is 16.0 Å². The normalized spacial score (nSPS) is 8.77. The fraction of sp³-hybridized carbons (Fsp3) is 0.143. The maximum absolute atomic E-state index is 7.26. The Labute approximate surface area is 105 Å². The van der Waals surface area contributed by atoms with E-state index in [-0.39, 0.29) is 26.9 Å². The van der Waals surface area contributed by atoms with E-state index in [0.29, 0.717) is 11.4 Å². The molecule has 1 rings (SSSR count). The van der Waals surface area contributed by atoms with Gasteiger partial charge in [-0.15, -0.1) is 6.07 Å². The third-order valence-electron chi connectivity index (χ3n) is 1.33. The number of rotatable bonds is 2. The van der Waals surface area contributed by atoms with Gasteiger partial charge in [0.15, 0.2) is 0 Å². The summed E-state index contributed by atoms with van der Waals surface area (Å²) in [4.78, 5) is 3.95. The van der Waals surface area contributed by atoms with Crippen molar-refractivity contribution in [2.45, 2.75) is 0 Å². The molecule has 70 valence electrons. The summed E-state index contributed by atoms with van der Waals surface area (Å²) in [6, 6.07) is 1.77. The first-order valence-corrected chi connectivity index (χ1v) is 4.33. The predicted molar refractivity (Wildman–Crippen MR) is 56.4 cm³/mol. The van der Waals surface area contributed by atoms with Gasteiger partial charge in [0, 0.05) is 26.9 Å². The number of aromatic nitrogens is 1. The van der Waals surface area contributed by atoms with Crippen LogP contribution in [-0.2, 0) is 21.1 Å². The fourth-order valence-corrected chi connectivity index (χ4v) is 1.22. The number of nitrogens with two attached hydrogens (primary N) is 1. The van der Waals surface area contributed by atoms with Gasteiger partial charge in [-0.05, 0) is 7.05 Å². The first-order valence-electron chi connectivity index (χ1n) is 3.25. The van der Waals surface area contributed by atoms with Gasteiger partial charge in [-0.2, -0.15) is 0 Å². The van der Waals surface area contributed by atoms with Gasteiger partial charge >= 0.3 is 0 Å². The molecule has 0 aromatic carbocycles. The van der Waals surface area contributed by atoms with E-state index in [4.69, 9.17) is 11.1 Å². The van der Waals surface area contributed by atoms with Gasteiger partial charge in [-0.3, -0.25) is 5.41 Å². The van der Waals surface area contributed by atoms with Crippen LogP contribution in [0.25, 0.3) is 0 Å². The number of nitrogen functional groups attached to an aromatic ring is 1. The van der Waals surface area contributed by atoms with Gasteiger partial charge in [0.1, 0.15) is 5.84 Å². The van der Waals surface area contributed by atoms with Gasteiger partial charge in [-0.1, -0.05) is 37.9 Å². The average molecular weight is 459 g/mol. The smallest absolute Gasteiger partial charge is 0.101 e. The third kappa shape index (κ3) is 3.23. The molecular formula is C7H8IN4W-. The summed E-state index contributed by atoms with van der Waals surface area (Å²) in [5.74, 6) is 0.599. The Bertz CT molecular complexity index is 315. The van der Waals surface area contributed by atoms with E-state index in [1.165, 1.54) is 0 Å². The number of amidine groups is 1. The summed E-state index contributed by atoms with van der Waals surface area (Å²) in [6.45, 7) is 0. The van der Waals surface area contributed by atoms with Crippen LogP contribution in [0.2, 0.25) is 0 Å². The molecule has 0 atom stereocenters. The van der Waals surface area contributed by atoms with Crippen molar-refractivity contribution < 1.29 is 21.1 Å². The Morgan fingerprint density at radius 2 is 2.38 bits per heavy atom. The second-order valence-corrected chi connectivity index (χ2v) is 3.30. The molecule has 0 amide bonds. The zero-order chi connectivity index (χ0) is 9.14. The predicted octanol–water partition coefficient (Wildman–Crippen LogP) is 0.810. The van der Waals surface area contributed by atoms with Crippen LogP contribution in [0, 0.1) is 15.2 Å². The molecule has 6 heteroatoms. The molecule has 0 aliphatic heterocycles. The minimum absolute atomic E-state index is 0. The van der Waals surface area contributed by atoms with E-state index in [1.54, 1.807) is 13.1 Å². The van der Waals surface area contributed by atoms with E-state index in [2.05, 4.69) is 39.1 Å². The van der Waals surface area contributed by atoms with Crippen LogP contribution in [0.3, 0.4) is 0 Å². The van der Waals surface area contributed by atoms with Crippen molar-refractivity contribution in [1.82, 2.24) is 4.98 Å². The van der Waals surface area contributed by atoms with Crippen molar-refractivity contribution in [2.24, 2.45) is 5.73 Å². The molecule has 0 unspecified atom stereocenters. The summed E-state index contributed by atoms with van der Waals surface area (Å²) < 4.78 is 0.844. The summed E-state index contributed by atoms with van der Waals surface area (Å²) >= 11 is 2.07. The van der Waals surface area contributed by atoms with Crippen molar-refractivity contribution in [3.8, 4) is 0 Å². The second-order valence-electron chi connectivity index (χ2n) is 2.14. The zero-order valence-corrected chi connectivity index (χ0v) is 12.0. The summed E-state index contributed by atoms with van der Waals surface area (Å²) in [6.07, 6.45) is 2.77. The molecular weight excluding hydrogens is 451 g/mol. The summed E-state index contributed by atoms with van der Waals surface area (Å²) in [5.41, 5.74) is 5.96. The van der Waals surface area contributed by atoms with Crippen LogP contribution in [0.4, 0.5) is 5.82 Å². The van der Waals surface area contributed by atoms with Crippen molar-refractivity contribution in [2.75, 3.05) is 12.4 Å². The molecule has 4 nitrogen and oxygen atoms in total. The Hall–Kier alpha value is -0.162. The number of halogens is 1. The van der Waals surface area contributed by atoms with Gasteiger partial charge in [-0.25, -0.2) is 0 Å². The molecule has 0 aliphatic rings. The Morgan fingerprint density at radius 3 is 2.85 bits per heavy atom. The number of pyridine rings is 1. The van der Waals surface area contributed by atoms with Crippen LogP contribution in [0.1, 0.15) is 5.56 Å². The number of nitrogens with one attached hydrogen (secondary N) is 2. The molecule has 0 saturated carbocycles. The van der Waals surface area contributed by atoms with Crippen LogP contribution >= 0.6 is 22.6 Å². The largest absolute Gasteiger partial charge is 0.424 e. The molecule has 0 radical (unpaired) electrons. The molecule has 0 aliphatic carbocycles. The molecule has 1 heterocycles. The maximum Gasteiger partial charge on any atom is 0.101 e. The molecule has 1 aromatic rings. The minimum Gasteiger partial charge on any atom is -0.424 e. The number of hydrogen-bond acceptors (Lipinski definition) is 3. The van der Waals surface area contributed by atoms with Crippen molar-refractivity contribution in [3.63, 3.8) is 0 Å². The van der Waals surface area contributed by atoms with Crippen molar-refractivity contribution in [3.05, 3.63) is 21.4 Å². The van der Waals surface area contributed by atoms with Crippen LogP contribution in [-0.4, -0.2) is 17.9 Å². The third-order valence-corrected chi connectivity index (χ3v) is 1.88. The van der Waals surface area contributed by atoms with Gasteiger partial charge in [0.25, 0.3) is 0 Å². The topological polar surface area (TPSA) is 74.8 Å². The summed E-state index contributed by atoms with van der Waals surface area (Å²) in [7, 11) is 1.73.